The summed E-state index contributed by atoms with van der Waals surface area (Å²) in [7, 11) is 0. The molecule has 0 fully saturated rings. The molecule has 0 aliphatic carbocycles. The van der Waals surface area contributed by atoms with Crippen LogP contribution in [-0.2, 0) is 0 Å². The van der Waals surface area contributed by atoms with E-state index in [1.54, 1.807) is 4.68 Å². The number of rotatable bonds is 3. The van der Waals surface area contributed by atoms with Crippen molar-refractivity contribution < 1.29 is 0 Å². The highest BCUT2D eigenvalue weighted by molar-refractivity contribution is 7.99. The molecule has 4 aromatic rings. The van der Waals surface area contributed by atoms with Gasteiger partial charge in [0.1, 0.15) is 22.6 Å². The van der Waals surface area contributed by atoms with Gasteiger partial charge >= 0.3 is 0 Å². The number of benzene rings is 2. The molecule has 2 heterocycles. The fourth-order valence-electron chi connectivity index (χ4n) is 2.36. The van der Waals surface area contributed by atoms with Crippen molar-refractivity contribution >= 4 is 28.5 Å². The SMILES string of the molecule is Cc1ccc(Sc2ncnc(-n3nnc4ccccc43)c2N)cc1. The highest BCUT2D eigenvalue weighted by Gasteiger charge is 2.14. The molecule has 2 N–H and O–H groups in total. The molecule has 0 aliphatic heterocycles. The number of nitrogens with zero attached hydrogens (tertiary/aromatic N) is 5. The van der Waals surface area contributed by atoms with Crippen molar-refractivity contribution in [2.75, 3.05) is 5.73 Å². The van der Waals surface area contributed by atoms with Gasteiger partial charge in [0.2, 0.25) is 0 Å². The number of hydrogen-bond acceptors (Lipinski definition) is 6. The van der Waals surface area contributed by atoms with E-state index in [1.807, 2.05) is 36.4 Å². The van der Waals surface area contributed by atoms with Crippen molar-refractivity contribution in [2.45, 2.75) is 16.8 Å². The van der Waals surface area contributed by atoms with Crippen molar-refractivity contribution in [1.29, 1.82) is 0 Å². The Kier molecular flexibility index (Phi) is 3.62. The number of nitrogens with two attached hydrogens (primary N) is 1. The summed E-state index contributed by atoms with van der Waals surface area (Å²) < 4.78 is 1.64. The summed E-state index contributed by atoms with van der Waals surface area (Å²) in [6.07, 6.45) is 1.50. The monoisotopic (exact) mass is 334 g/mol. The van der Waals surface area contributed by atoms with E-state index in [0.29, 0.717) is 16.5 Å². The first kappa shape index (κ1) is 14.6. The Labute approximate surface area is 142 Å². The summed E-state index contributed by atoms with van der Waals surface area (Å²) >= 11 is 1.50. The third kappa shape index (κ3) is 2.59. The Hall–Kier alpha value is -2.93. The minimum atomic E-state index is 0.485. The fourth-order valence-corrected chi connectivity index (χ4v) is 3.16. The average Bonchev–Trinajstić information content (AvgIpc) is 3.03. The molecule has 7 heteroatoms. The molecule has 6 nitrogen and oxygen atoms in total. The van der Waals surface area contributed by atoms with Crippen molar-refractivity contribution in [3.63, 3.8) is 0 Å². The third-order valence-corrected chi connectivity index (χ3v) is 4.64. The minimum absolute atomic E-state index is 0.485. The lowest BCUT2D eigenvalue weighted by atomic mass is 10.2. The van der Waals surface area contributed by atoms with Crippen LogP contribution in [-0.4, -0.2) is 25.0 Å². The smallest absolute Gasteiger partial charge is 0.183 e. The quantitative estimate of drug-likeness (QED) is 0.579. The molecular weight excluding hydrogens is 320 g/mol. The highest BCUT2D eigenvalue weighted by atomic mass is 32.2. The lowest BCUT2D eigenvalue weighted by Gasteiger charge is -2.09. The molecule has 118 valence electrons. The van der Waals surface area contributed by atoms with Crippen LogP contribution in [0.15, 0.2) is 64.8 Å². The molecule has 4 rings (SSSR count). The first-order valence-electron chi connectivity index (χ1n) is 7.38. The molecule has 0 saturated carbocycles. The molecule has 0 spiro atoms. The highest BCUT2D eigenvalue weighted by Crippen LogP contribution is 2.32. The Morgan fingerprint density at radius 1 is 1.00 bits per heavy atom. The van der Waals surface area contributed by atoms with Gasteiger partial charge in [-0.2, -0.15) is 4.68 Å². The Balaban J connectivity index is 1.77. The zero-order chi connectivity index (χ0) is 16.5. The number of hydrogen-bond donors (Lipinski definition) is 1. The predicted molar refractivity (Wildman–Crippen MR) is 94.2 cm³/mol. The minimum Gasteiger partial charge on any atom is -0.393 e. The van der Waals surface area contributed by atoms with Crippen LogP contribution in [0.1, 0.15) is 5.56 Å². The van der Waals surface area contributed by atoms with E-state index < -0.39 is 0 Å². The van der Waals surface area contributed by atoms with E-state index in [4.69, 9.17) is 5.73 Å². The van der Waals surface area contributed by atoms with Gasteiger partial charge in [-0.3, -0.25) is 0 Å². The van der Waals surface area contributed by atoms with Crippen molar-refractivity contribution in [3.8, 4) is 5.82 Å². The molecule has 0 bridgehead atoms. The third-order valence-electron chi connectivity index (χ3n) is 3.61. The van der Waals surface area contributed by atoms with Gasteiger partial charge in [-0.1, -0.05) is 46.8 Å². The summed E-state index contributed by atoms with van der Waals surface area (Å²) in [4.78, 5) is 9.68. The lowest BCUT2D eigenvalue weighted by Crippen LogP contribution is -2.06. The van der Waals surface area contributed by atoms with E-state index in [0.717, 1.165) is 15.9 Å². The molecule has 0 aliphatic rings. The molecule has 0 amide bonds. The van der Waals surface area contributed by atoms with Gasteiger partial charge in [-0.25, -0.2) is 9.97 Å². The number of aromatic nitrogens is 5. The van der Waals surface area contributed by atoms with Crippen molar-refractivity contribution in [2.24, 2.45) is 0 Å². The second-order valence-electron chi connectivity index (χ2n) is 5.32. The Morgan fingerprint density at radius 3 is 2.62 bits per heavy atom. The van der Waals surface area contributed by atoms with Gasteiger partial charge < -0.3 is 5.73 Å². The summed E-state index contributed by atoms with van der Waals surface area (Å²) in [5.74, 6) is 0.535. The molecule has 2 aromatic heterocycles. The van der Waals surface area contributed by atoms with E-state index in [-0.39, 0.29) is 0 Å². The summed E-state index contributed by atoms with van der Waals surface area (Å²) in [5, 5.41) is 9.02. The number of para-hydroxylation sites is 1. The van der Waals surface area contributed by atoms with Crippen LogP contribution in [0.2, 0.25) is 0 Å². The van der Waals surface area contributed by atoms with Gasteiger partial charge in [0.05, 0.1) is 5.52 Å². The number of fused-ring (bicyclic) bond motifs is 1. The lowest BCUT2D eigenvalue weighted by molar-refractivity contribution is 0.793. The summed E-state index contributed by atoms with van der Waals surface area (Å²) in [5.41, 5.74) is 9.66. The van der Waals surface area contributed by atoms with Crippen LogP contribution in [0.25, 0.3) is 16.9 Å². The van der Waals surface area contributed by atoms with E-state index in [9.17, 15) is 0 Å². The second-order valence-corrected chi connectivity index (χ2v) is 6.38. The number of anilines is 1. The topological polar surface area (TPSA) is 82.5 Å². The Morgan fingerprint density at radius 2 is 1.79 bits per heavy atom. The van der Waals surface area contributed by atoms with Crippen LogP contribution in [0.5, 0.6) is 0 Å². The molecule has 0 unspecified atom stereocenters. The largest absolute Gasteiger partial charge is 0.393 e. The van der Waals surface area contributed by atoms with Gasteiger partial charge in [-0.05, 0) is 31.2 Å². The van der Waals surface area contributed by atoms with Crippen LogP contribution < -0.4 is 5.73 Å². The van der Waals surface area contributed by atoms with Crippen LogP contribution >= 0.6 is 11.8 Å². The van der Waals surface area contributed by atoms with Crippen molar-refractivity contribution in [1.82, 2.24) is 25.0 Å². The first-order chi connectivity index (χ1) is 11.7. The van der Waals surface area contributed by atoms with Crippen LogP contribution in [0, 0.1) is 6.92 Å². The molecule has 2 aromatic carbocycles. The molecule has 24 heavy (non-hydrogen) atoms. The number of nitrogen functional groups attached to an aromatic ring is 1. The zero-order valence-electron chi connectivity index (χ0n) is 12.9. The van der Waals surface area contributed by atoms with Gasteiger partial charge in [0.25, 0.3) is 0 Å². The first-order valence-corrected chi connectivity index (χ1v) is 8.20. The van der Waals surface area contributed by atoms with Gasteiger partial charge in [0, 0.05) is 4.90 Å². The maximum absolute atomic E-state index is 6.31. The van der Waals surface area contributed by atoms with Gasteiger partial charge in [-0.15, -0.1) is 5.10 Å². The number of aryl methyl sites for hydroxylation is 1. The molecule has 0 atom stereocenters. The zero-order valence-corrected chi connectivity index (χ0v) is 13.7. The van der Waals surface area contributed by atoms with E-state index >= 15 is 0 Å². The van der Waals surface area contributed by atoms with E-state index in [1.165, 1.54) is 23.7 Å². The maximum atomic E-state index is 6.31. The predicted octanol–water partition coefficient (Wildman–Crippen LogP) is 3.25. The van der Waals surface area contributed by atoms with Crippen LogP contribution in [0.4, 0.5) is 5.69 Å². The molecule has 0 radical (unpaired) electrons. The molecule has 0 saturated heterocycles. The Bertz CT molecular complexity index is 1010. The molecular formula is C17H14N6S. The van der Waals surface area contributed by atoms with E-state index in [2.05, 4.69) is 39.3 Å². The van der Waals surface area contributed by atoms with Crippen molar-refractivity contribution in [3.05, 3.63) is 60.4 Å². The normalized spacial score (nSPS) is 11.0. The summed E-state index contributed by atoms with van der Waals surface area (Å²) in [6.45, 7) is 2.06. The standard InChI is InChI=1S/C17H14N6S/c1-11-6-8-12(9-7-11)24-17-15(18)16(19-10-20-17)23-14-5-3-2-4-13(14)21-22-23/h2-10H,18H2,1H3. The average molecular weight is 334 g/mol. The summed E-state index contributed by atoms with van der Waals surface area (Å²) in [6, 6.07) is 15.9. The van der Waals surface area contributed by atoms with Crippen LogP contribution in [0.3, 0.4) is 0 Å². The van der Waals surface area contributed by atoms with Gasteiger partial charge in [0.15, 0.2) is 5.82 Å². The second kappa shape index (κ2) is 5.93. The maximum Gasteiger partial charge on any atom is 0.183 e. The fraction of sp³-hybridized carbons (Fsp3) is 0.0588.